The zero-order chi connectivity index (χ0) is 29.6. The number of unbranched alkanes of at least 4 members (excludes halogenated alkanes) is 3. The number of carbonyl (C=O) groups is 3. The lowest BCUT2D eigenvalue weighted by Crippen LogP contribution is -2.76. The summed E-state index contributed by atoms with van der Waals surface area (Å²) in [6.07, 6.45) is 7.24. The number of ketones is 1. The summed E-state index contributed by atoms with van der Waals surface area (Å²) in [6.45, 7) is 4.10. The van der Waals surface area contributed by atoms with Gasteiger partial charge in [-0.05, 0) is 51.3 Å². The molecule has 0 unspecified atom stereocenters. The van der Waals surface area contributed by atoms with Crippen molar-refractivity contribution >= 4 is 17.7 Å². The second kappa shape index (κ2) is 13.2. The summed E-state index contributed by atoms with van der Waals surface area (Å²) in [5.41, 5.74) is -2.26. The Morgan fingerprint density at radius 3 is 1.83 bits per heavy atom. The second-order valence-electron chi connectivity index (χ2n) is 11.4. The van der Waals surface area contributed by atoms with Crippen LogP contribution in [0.15, 0.2) is 48.8 Å². The average molecular weight is 566 g/mol. The number of esters is 2. The molecule has 0 aliphatic carbocycles. The van der Waals surface area contributed by atoms with Crippen LogP contribution in [0.3, 0.4) is 0 Å². The number of likely N-dealkylation sites (tertiary alicyclic amines) is 2. The van der Waals surface area contributed by atoms with Gasteiger partial charge in [-0.3, -0.25) is 34.2 Å². The van der Waals surface area contributed by atoms with Crippen molar-refractivity contribution in [3.8, 4) is 0 Å². The molecule has 0 amide bonds. The number of hydrogen-bond acceptors (Lipinski definition) is 10. The van der Waals surface area contributed by atoms with Crippen LogP contribution in [0.5, 0.6) is 0 Å². The van der Waals surface area contributed by atoms with Gasteiger partial charge >= 0.3 is 11.9 Å². The van der Waals surface area contributed by atoms with E-state index in [9.17, 15) is 9.59 Å². The molecule has 0 saturated carbocycles. The molecule has 2 aliphatic rings. The lowest BCUT2D eigenvalue weighted by atomic mass is 9.54. The summed E-state index contributed by atoms with van der Waals surface area (Å²) in [5.74, 6) is -1.82. The molecule has 2 aromatic rings. The van der Waals surface area contributed by atoms with Gasteiger partial charge < -0.3 is 14.4 Å². The molecule has 4 heterocycles. The van der Waals surface area contributed by atoms with Gasteiger partial charge in [-0.15, -0.1) is 0 Å². The van der Waals surface area contributed by atoms with Gasteiger partial charge in [0.25, 0.3) is 0 Å². The topological polar surface area (TPSA) is 105 Å². The van der Waals surface area contributed by atoms with Crippen LogP contribution in [0, 0.1) is 10.8 Å². The first-order chi connectivity index (χ1) is 19.8. The van der Waals surface area contributed by atoms with Crippen molar-refractivity contribution in [3.05, 3.63) is 60.2 Å². The zero-order valence-electron chi connectivity index (χ0n) is 24.9. The van der Waals surface area contributed by atoms with Gasteiger partial charge in [0.1, 0.15) is 0 Å². The van der Waals surface area contributed by atoms with E-state index in [2.05, 4.69) is 11.8 Å². The third-order valence-corrected chi connectivity index (χ3v) is 8.52. The molecule has 41 heavy (non-hydrogen) atoms. The van der Waals surface area contributed by atoms with E-state index in [-0.39, 0.29) is 13.1 Å². The molecule has 2 aliphatic heterocycles. The van der Waals surface area contributed by atoms with Crippen molar-refractivity contribution in [1.82, 2.24) is 24.7 Å². The Morgan fingerprint density at radius 2 is 1.41 bits per heavy atom. The minimum Gasteiger partial charge on any atom is -0.468 e. The van der Waals surface area contributed by atoms with E-state index in [1.54, 1.807) is 12.4 Å². The third kappa shape index (κ3) is 5.52. The van der Waals surface area contributed by atoms with Crippen LogP contribution in [0.2, 0.25) is 0 Å². The Labute approximate surface area is 243 Å². The van der Waals surface area contributed by atoms with E-state index < -0.39 is 40.6 Å². The Hall–Kier alpha value is -3.21. The Kier molecular flexibility index (Phi) is 9.88. The molecular weight excluding hydrogens is 522 g/mol. The highest BCUT2D eigenvalue weighted by Crippen LogP contribution is 2.60. The molecule has 10 heteroatoms. The number of piperidine rings is 2. The molecule has 2 fully saturated rings. The molecule has 4 rings (SSSR count). The van der Waals surface area contributed by atoms with E-state index >= 15 is 4.79 Å². The maximum Gasteiger partial charge on any atom is 0.322 e. The summed E-state index contributed by atoms with van der Waals surface area (Å²) in [5, 5.41) is 0. The lowest BCUT2D eigenvalue weighted by Gasteiger charge is -2.61. The third-order valence-electron chi connectivity index (χ3n) is 8.52. The van der Waals surface area contributed by atoms with Gasteiger partial charge in [0.2, 0.25) is 0 Å². The van der Waals surface area contributed by atoms with E-state index in [0.29, 0.717) is 31.0 Å². The Morgan fingerprint density at radius 1 is 0.878 bits per heavy atom. The van der Waals surface area contributed by atoms with Crippen molar-refractivity contribution in [1.29, 1.82) is 0 Å². The second-order valence-corrected chi connectivity index (χ2v) is 11.4. The largest absolute Gasteiger partial charge is 0.468 e. The molecule has 2 saturated heterocycles. The number of ether oxygens (including phenoxy) is 2. The van der Waals surface area contributed by atoms with Crippen molar-refractivity contribution in [2.45, 2.75) is 44.7 Å². The number of hydrogen-bond donors (Lipinski definition) is 0. The number of fused-ring (bicyclic) bond motifs is 2. The standard InChI is InChI=1S/C31H43N5O5/c1-6-7-8-13-18-36-25(23-14-9-11-16-32-23)30(28(38)40-4)21-35(20-19-34(2)3)22-31(27(30)37,29(39)41-5)26(36)24-15-10-12-17-33-24/h9-12,14-17,25-26H,6-8,13,18-22H2,1-5H3/t25-,26+,30-,31+. The molecule has 2 aromatic heterocycles. The highest BCUT2D eigenvalue weighted by Gasteiger charge is 2.75. The first-order valence-corrected chi connectivity index (χ1v) is 14.4. The quantitative estimate of drug-likeness (QED) is 0.217. The number of Topliss-reactive ketones (excluding diaryl/α,β-unsaturated/α-hetero) is 1. The van der Waals surface area contributed by atoms with Crippen LogP contribution in [-0.2, 0) is 23.9 Å². The molecule has 0 spiro atoms. The number of methoxy groups -OCH3 is 2. The maximum absolute atomic E-state index is 15.1. The number of rotatable bonds is 12. The predicted molar refractivity (Wildman–Crippen MR) is 154 cm³/mol. The molecule has 2 bridgehead atoms. The van der Waals surface area contributed by atoms with Gasteiger partial charge in [-0.1, -0.05) is 38.3 Å². The van der Waals surface area contributed by atoms with Crippen LogP contribution in [0.4, 0.5) is 0 Å². The fourth-order valence-electron chi connectivity index (χ4n) is 6.74. The minimum absolute atomic E-state index is 0.104. The molecule has 10 nitrogen and oxygen atoms in total. The molecule has 4 atom stereocenters. The van der Waals surface area contributed by atoms with E-state index in [1.807, 2.05) is 60.3 Å². The van der Waals surface area contributed by atoms with Crippen LogP contribution in [0.25, 0.3) is 0 Å². The number of aromatic nitrogens is 2. The number of nitrogens with zero attached hydrogens (tertiary/aromatic N) is 5. The van der Waals surface area contributed by atoms with Crippen LogP contribution in [-0.4, -0.2) is 103 Å². The average Bonchev–Trinajstić information content (AvgIpc) is 2.99. The smallest absolute Gasteiger partial charge is 0.322 e. The molecule has 0 radical (unpaired) electrons. The first-order valence-electron chi connectivity index (χ1n) is 14.4. The van der Waals surface area contributed by atoms with Gasteiger partial charge in [0, 0.05) is 38.6 Å². The molecular formula is C31H43N5O5. The first kappa shape index (κ1) is 30.7. The fourth-order valence-corrected chi connectivity index (χ4v) is 6.74. The monoisotopic (exact) mass is 565 g/mol. The lowest BCUT2D eigenvalue weighted by molar-refractivity contribution is -0.206. The van der Waals surface area contributed by atoms with Crippen LogP contribution >= 0.6 is 0 Å². The van der Waals surface area contributed by atoms with Gasteiger partial charge in [-0.25, -0.2) is 0 Å². The summed E-state index contributed by atoms with van der Waals surface area (Å²) in [4.78, 5) is 58.9. The minimum atomic E-state index is -1.71. The van der Waals surface area contributed by atoms with E-state index in [0.717, 1.165) is 25.7 Å². The van der Waals surface area contributed by atoms with Gasteiger partial charge in [0.05, 0.1) is 37.7 Å². The SMILES string of the molecule is CCCCCCN1[C@@H](c2ccccn2)[C@@]2(C(=O)OC)CN(CCN(C)C)C[C@](C(=O)OC)(C2=O)[C@H]1c1ccccn1. The van der Waals surface area contributed by atoms with Gasteiger partial charge in [0.15, 0.2) is 16.6 Å². The van der Waals surface area contributed by atoms with Crippen LogP contribution in [0.1, 0.15) is 56.1 Å². The highest BCUT2D eigenvalue weighted by molar-refractivity contribution is 6.17. The number of carbonyl (C=O) groups excluding carboxylic acids is 3. The van der Waals surface area contributed by atoms with Crippen molar-refractivity contribution in [2.24, 2.45) is 10.8 Å². The normalized spacial score (nSPS) is 26.6. The highest BCUT2D eigenvalue weighted by atomic mass is 16.5. The Balaban J connectivity index is 2.04. The molecule has 0 N–H and O–H groups in total. The van der Waals surface area contributed by atoms with E-state index in [4.69, 9.17) is 19.4 Å². The fraction of sp³-hybridized carbons (Fsp3) is 0.581. The van der Waals surface area contributed by atoms with Crippen molar-refractivity contribution < 1.29 is 23.9 Å². The zero-order valence-corrected chi connectivity index (χ0v) is 24.9. The van der Waals surface area contributed by atoms with Crippen molar-refractivity contribution in [3.63, 3.8) is 0 Å². The summed E-state index contributed by atoms with van der Waals surface area (Å²) >= 11 is 0. The van der Waals surface area contributed by atoms with Crippen LogP contribution < -0.4 is 0 Å². The summed E-state index contributed by atoms with van der Waals surface area (Å²) in [7, 11) is 6.53. The molecule has 0 aromatic carbocycles. The molecule has 222 valence electrons. The maximum atomic E-state index is 15.1. The summed E-state index contributed by atoms with van der Waals surface area (Å²) in [6, 6.07) is 9.47. The number of likely N-dealkylation sites (N-methyl/N-ethyl adjacent to an activating group) is 1. The van der Waals surface area contributed by atoms with Crippen molar-refractivity contribution in [2.75, 3.05) is 61.0 Å². The summed E-state index contributed by atoms with van der Waals surface area (Å²) < 4.78 is 10.9. The van der Waals surface area contributed by atoms with E-state index in [1.165, 1.54) is 14.2 Å². The van der Waals surface area contributed by atoms with Gasteiger partial charge in [-0.2, -0.15) is 0 Å². The number of pyridine rings is 2. The predicted octanol–water partition coefficient (Wildman–Crippen LogP) is 2.92. The Bertz CT molecular complexity index is 1120.